The fraction of sp³-hybridized carbons (Fsp3) is 0.545. The highest BCUT2D eigenvalue weighted by molar-refractivity contribution is 5.14. The number of nitrogens with zero attached hydrogens (tertiary/aromatic N) is 1. The van der Waals surface area contributed by atoms with Crippen molar-refractivity contribution in [2.45, 2.75) is 26.3 Å². The maximum Gasteiger partial charge on any atom is 0.0375 e. The second-order valence-corrected chi connectivity index (χ2v) is 3.88. The van der Waals surface area contributed by atoms with Crippen molar-refractivity contribution >= 4 is 0 Å². The predicted molar refractivity (Wildman–Crippen MR) is 53.4 cm³/mol. The summed E-state index contributed by atoms with van der Waals surface area (Å²) in [6.07, 6.45) is 4.72. The van der Waals surface area contributed by atoms with Crippen LogP contribution in [-0.4, -0.2) is 11.5 Å². The molecule has 0 atom stereocenters. The van der Waals surface area contributed by atoms with Gasteiger partial charge in [0.25, 0.3) is 0 Å². The number of nitrogens with one attached hydrogen (secondary N) is 1. The number of hydrogen-bond donors (Lipinski definition) is 1. The zero-order chi connectivity index (χ0) is 9.10. The van der Waals surface area contributed by atoms with Gasteiger partial charge in [-0.25, -0.2) is 0 Å². The van der Waals surface area contributed by atoms with E-state index in [0.29, 0.717) is 0 Å². The Hall–Kier alpha value is -0.890. The first-order chi connectivity index (χ1) is 6.34. The van der Waals surface area contributed by atoms with Crippen molar-refractivity contribution < 1.29 is 0 Å². The Morgan fingerprint density at radius 2 is 2.38 bits per heavy atom. The molecule has 0 bridgehead atoms. The Balaban J connectivity index is 1.79. The van der Waals surface area contributed by atoms with Gasteiger partial charge < -0.3 is 5.32 Å². The number of hydrogen-bond acceptors (Lipinski definition) is 2. The molecular formula is C11H16N2. The van der Waals surface area contributed by atoms with Crippen LogP contribution in [0.3, 0.4) is 0 Å². The van der Waals surface area contributed by atoms with Gasteiger partial charge in [0.05, 0.1) is 0 Å². The van der Waals surface area contributed by atoms with Crippen LogP contribution in [0.4, 0.5) is 0 Å². The average molecular weight is 176 g/mol. The van der Waals surface area contributed by atoms with Crippen LogP contribution in [0.5, 0.6) is 0 Å². The Bertz CT molecular complexity index is 279. The summed E-state index contributed by atoms with van der Waals surface area (Å²) in [4.78, 5) is 4.17. The maximum atomic E-state index is 4.17. The lowest BCUT2D eigenvalue weighted by Gasteiger charge is -2.03. The second kappa shape index (κ2) is 3.88. The van der Waals surface area contributed by atoms with Gasteiger partial charge in [-0.2, -0.15) is 0 Å². The molecule has 0 saturated heterocycles. The van der Waals surface area contributed by atoms with Crippen molar-refractivity contribution in [3.63, 3.8) is 0 Å². The zero-order valence-electron chi connectivity index (χ0n) is 8.09. The molecule has 1 N–H and O–H groups in total. The second-order valence-electron chi connectivity index (χ2n) is 3.88. The lowest BCUT2D eigenvalue weighted by Crippen LogP contribution is -2.16. The van der Waals surface area contributed by atoms with Crippen molar-refractivity contribution in [3.8, 4) is 0 Å². The minimum absolute atomic E-state index is 0.961. The van der Waals surface area contributed by atoms with E-state index in [0.717, 1.165) is 18.2 Å². The van der Waals surface area contributed by atoms with Gasteiger partial charge in [-0.05, 0) is 49.9 Å². The van der Waals surface area contributed by atoms with Crippen LogP contribution in [-0.2, 0) is 6.54 Å². The van der Waals surface area contributed by atoms with Gasteiger partial charge in [0, 0.05) is 18.4 Å². The van der Waals surface area contributed by atoms with Crippen molar-refractivity contribution in [2.75, 3.05) is 6.54 Å². The predicted octanol–water partition coefficient (Wildman–Crippen LogP) is 1.89. The van der Waals surface area contributed by atoms with E-state index in [9.17, 15) is 0 Å². The van der Waals surface area contributed by atoms with E-state index in [4.69, 9.17) is 0 Å². The smallest absolute Gasteiger partial charge is 0.0375 e. The van der Waals surface area contributed by atoms with Crippen LogP contribution < -0.4 is 5.32 Å². The highest BCUT2D eigenvalue weighted by Gasteiger charge is 2.19. The van der Waals surface area contributed by atoms with Crippen LogP contribution in [0.15, 0.2) is 18.3 Å². The first-order valence-corrected chi connectivity index (χ1v) is 4.97. The molecule has 1 saturated carbocycles. The SMILES string of the molecule is Cc1cc(CNCC2CC2)ccn1. The van der Waals surface area contributed by atoms with E-state index in [1.54, 1.807) is 0 Å². The molecule has 0 aliphatic heterocycles. The Morgan fingerprint density at radius 3 is 3.08 bits per heavy atom. The highest BCUT2D eigenvalue weighted by Crippen LogP contribution is 2.27. The third-order valence-corrected chi connectivity index (χ3v) is 2.42. The molecule has 2 nitrogen and oxygen atoms in total. The number of rotatable bonds is 4. The molecule has 0 unspecified atom stereocenters. The fourth-order valence-corrected chi connectivity index (χ4v) is 1.46. The van der Waals surface area contributed by atoms with Crippen LogP contribution >= 0.6 is 0 Å². The highest BCUT2D eigenvalue weighted by atomic mass is 14.9. The van der Waals surface area contributed by atoms with Crippen molar-refractivity contribution in [3.05, 3.63) is 29.6 Å². The molecule has 1 aromatic heterocycles. The lowest BCUT2D eigenvalue weighted by atomic mass is 10.2. The number of aryl methyl sites for hydroxylation is 1. The summed E-state index contributed by atoms with van der Waals surface area (Å²) < 4.78 is 0. The van der Waals surface area contributed by atoms with Gasteiger partial charge in [-0.1, -0.05) is 0 Å². The molecule has 13 heavy (non-hydrogen) atoms. The quantitative estimate of drug-likeness (QED) is 0.757. The van der Waals surface area contributed by atoms with E-state index in [2.05, 4.69) is 22.4 Å². The molecule has 1 aliphatic rings. The summed E-state index contributed by atoms with van der Waals surface area (Å²) in [5.41, 5.74) is 2.44. The molecule has 70 valence electrons. The Morgan fingerprint density at radius 1 is 1.54 bits per heavy atom. The lowest BCUT2D eigenvalue weighted by molar-refractivity contribution is 0.638. The third-order valence-electron chi connectivity index (χ3n) is 2.42. The van der Waals surface area contributed by atoms with Gasteiger partial charge in [0.15, 0.2) is 0 Å². The molecule has 1 aliphatic carbocycles. The van der Waals surface area contributed by atoms with Crippen molar-refractivity contribution in [2.24, 2.45) is 5.92 Å². The zero-order valence-corrected chi connectivity index (χ0v) is 8.09. The molecule has 2 rings (SSSR count). The Labute approximate surface area is 79.4 Å². The molecule has 1 aromatic rings. The average Bonchev–Trinajstić information content (AvgIpc) is 2.88. The van der Waals surface area contributed by atoms with Crippen molar-refractivity contribution in [1.29, 1.82) is 0 Å². The van der Waals surface area contributed by atoms with Gasteiger partial charge in [0.2, 0.25) is 0 Å². The van der Waals surface area contributed by atoms with E-state index in [1.165, 1.54) is 24.9 Å². The van der Waals surface area contributed by atoms with E-state index >= 15 is 0 Å². The summed E-state index contributed by atoms with van der Waals surface area (Å²) in [5.74, 6) is 0.961. The minimum atomic E-state index is 0.961. The summed E-state index contributed by atoms with van der Waals surface area (Å²) in [5, 5.41) is 3.46. The summed E-state index contributed by atoms with van der Waals surface area (Å²) in [7, 11) is 0. The van der Waals surface area contributed by atoms with Crippen molar-refractivity contribution in [1.82, 2.24) is 10.3 Å². The monoisotopic (exact) mass is 176 g/mol. The third kappa shape index (κ3) is 2.81. The van der Waals surface area contributed by atoms with E-state index < -0.39 is 0 Å². The normalized spacial score (nSPS) is 16.1. The van der Waals surface area contributed by atoms with Gasteiger partial charge in [-0.15, -0.1) is 0 Å². The molecular weight excluding hydrogens is 160 g/mol. The van der Waals surface area contributed by atoms with Gasteiger partial charge >= 0.3 is 0 Å². The van der Waals surface area contributed by atoms with Crippen LogP contribution in [0.1, 0.15) is 24.1 Å². The first kappa shape index (κ1) is 8.70. The standard InChI is InChI=1S/C11H16N2/c1-9-6-11(4-5-13-9)8-12-7-10-2-3-10/h4-6,10,12H,2-3,7-8H2,1H3. The van der Waals surface area contributed by atoms with Crippen LogP contribution in [0.25, 0.3) is 0 Å². The number of pyridine rings is 1. The van der Waals surface area contributed by atoms with E-state index in [1.807, 2.05) is 13.1 Å². The molecule has 1 heterocycles. The Kier molecular flexibility index (Phi) is 2.60. The fourth-order valence-electron chi connectivity index (χ4n) is 1.46. The molecule has 0 amide bonds. The maximum absolute atomic E-state index is 4.17. The summed E-state index contributed by atoms with van der Waals surface area (Å²) in [6, 6.07) is 4.22. The van der Waals surface area contributed by atoms with Crippen LogP contribution in [0, 0.1) is 12.8 Å². The molecule has 1 fully saturated rings. The van der Waals surface area contributed by atoms with E-state index in [-0.39, 0.29) is 0 Å². The molecule has 0 aromatic carbocycles. The minimum Gasteiger partial charge on any atom is -0.312 e. The summed E-state index contributed by atoms with van der Waals surface area (Å²) >= 11 is 0. The largest absolute Gasteiger partial charge is 0.312 e. The first-order valence-electron chi connectivity index (χ1n) is 4.97. The number of aromatic nitrogens is 1. The summed E-state index contributed by atoms with van der Waals surface area (Å²) in [6.45, 7) is 4.20. The molecule has 0 spiro atoms. The molecule has 2 heteroatoms. The van der Waals surface area contributed by atoms with Gasteiger partial charge in [0.1, 0.15) is 0 Å². The topological polar surface area (TPSA) is 24.9 Å². The van der Waals surface area contributed by atoms with Gasteiger partial charge in [-0.3, -0.25) is 4.98 Å². The van der Waals surface area contributed by atoms with Crippen LogP contribution in [0.2, 0.25) is 0 Å². The molecule has 0 radical (unpaired) electrons.